The summed E-state index contributed by atoms with van der Waals surface area (Å²) in [4.78, 5) is 0. The van der Waals surface area contributed by atoms with Gasteiger partial charge in [0.15, 0.2) is 0 Å². The number of hydrogen-bond donors (Lipinski definition) is 1. The van der Waals surface area contributed by atoms with Gasteiger partial charge in [-0.15, -0.1) is 0 Å². The van der Waals surface area contributed by atoms with Crippen LogP contribution in [-0.4, -0.2) is 0 Å². The zero-order valence-corrected chi connectivity index (χ0v) is 7.94. The fraction of sp³-hybridized carbons (Fsp3) is 0.400. The lowest BCUT2D eigenvalue weighted by atomic mass is 9.88. The maximum Gasteiger partial charge on any atom is 0.128 e. The van der Waals surface area contributed by atoms with E-state index in [0.29, 0.717) is 10.6 Å². The van der Waals surface area contributed by atoms with Crippen LogP contribution in [0.3, 0.4) is 0 Å². The number of halogens is 2. The van der Waals surface area contributed by atoms with Crippen LogP contribution in [0.4, 0.5) is 4.39 Å². The Morgan fingerprint density at radius 3 is 2.92 bits per heavy atom. The van der Waals surface area contributed by atoms with Gasteiger partial charge in [0.1, 0.15) is 5.82 Å². The summed E-state index contributed by atoms with van der Waals surface area (Å²) in [6.07, 6.45) is 2.70. The van der Waals surface area contributed by atoms with E-state index in [1.807, 2.05) is 0 Å². The van der Waals surface area contributed by atoms with Gasteiger partial charge in [-0.2, -0.15) is 0 Å². The van der Waals surface area contributed by atoms with E-state index in [9.17, 15) is 4.39 Å². The fourth-order valence-electron chi connectivity index (χ4n) is 1.91. The Morgan fingerprint density at radius 2 is 2.23 bits per heavy atom. The molecule has 0 saturated heterocycles. The molecule has 0 fully saturated rings. The number of fused-ring (bicyclic) bond motifs is 1. The number of benzene rings is 1. The smallest absolute Gasteiger partial charge is 0.128 e. The van der Waals surface area contributed by atoms with Gasteiger partial charge in [-0.3, -0.25) is 0 Å². The van der Waals surface area contributed by atoms with Crippen molar-refractivity contribution >= 4 is 11.6 Å². The second-order valence-corrected chi connectivity index (χ2v) is 3.83. The Morgan fingerprint density at radius 1 is 1.46 bits per heavy atom. The molecule has 13 heavy (non-hydrogen) atoms. The van der Waals surface area contributed by atoms with Crippen molar-refractivity contribution in [1.82, 2.24) is 0 Å². The van der Waals surface area contributed by atoms with Crippen molar-refractivity contribution < 1.29 is 4.39 Å². The predicted octanol–water partition coefficient (Wildman–Crippen LogP) is 2.82. The highest BCUT2D eigenvalue weighted by Crippen LogP contribution is 2.34. The van der Waals surface area contributed by atoms with E-state index in [2.05, 4.69) is 0 Å². The molecule has 1 unspecified atom stereocenters. The minimum atomic E-state index is -0.216. The van der Waals surface area contributed by atoms with E-state index in [0.717, 1.165) is 24.8 Å². The summed E-state index contributed by atoms with van der Waals surface area (Å²) in [6.45, 7) is 0. The summed E-state index contributed by atoms with van der Waals surface area (Å²) in [7, 11) is 0. The van der Waals surface area contributed by atoms with Gasteiger partial charge in [0, 0.05) is 16.6 Å². The normalized spacial score (nSPS) is 21.3. The number of hydrogen-bond acceptors (Lipinski definition) is 1. The molecule has 0 heterocycles. The molecule has 1 aromatic carbocycles. The van der Waals surface area contributed by atoms with Gasteiger partial charge in [-0.25, -0.2) is 4.39 Å². The molecule has 3 heteroatoms. The highest BCUT2D eigenvalue weighted by atomic mass is 35.5. The molecule has 1 atom stereocenters. The lowest BCUT2D eigenvalue weighted by Crippen LogP contribution is -2.19. The summed E-state index contributed by atoms with van der Waals surface area (Å²) >= 11 is 5.96. The average Bonchev–Trinajstić information content (AvgIpc) is 2.12. The molecule has 1 nitrogen and oxygen atoms in total. The van der Waals surface area contributed by atoms with Crippen molar-refractivity contribution in [2.75, 3.05) is 0 Å². The van der Waals surface area contributed by atoms with E-state index < -0.39 is 0 Å². The zero-order valence-electron chi connectivity index (χ0n) is 7.19. The van der Waals surface area contributed by atoms with E-state index in [4.69, 9.17) is 17.3 Å². The summed E-state index contributed by atoms with van der Waals surface area (Å²) in [6, 6.07) is 2.82. The molecule has 0 spiro atoms. The van der Waals surface area contributed by atoms with Crippen LogP contribution in [0.5, 0.6) is 0 Å². The topological polar surface area (TPSA) is 26.0 Å². The van der Waals surface area contributed by atoms with Crippen LogP contribution in [0.1, 0.15) is 30.0 Å². The first-order chi connectivity index (χ1) is 6.20. The second kappa shape index (κ2) is 3.28. The minimum absolute atomic E-state index is 0.178. The van der Waals surface area contributed by atoms with Crippen molar-refractivity contribution in [3.05, 3.63) is 34.1 Å². The Hall–Kier alpha value is -0.600. The van der Waals surface area contributed by atoms with Gasteiger partial charge in [-0.1, -0.05) is 11.6 Å². The molecule has 0 radical (unpaired) electrons. The summed E-state index contributed by atoms with van der Waals surface area (Å²) in [5.74, 6) is -0.216. The SMILES string of the molecule is NC1CCCc2c(Cl)ccc(F)c21. The summed E-state index contributed by atoms with van der Waals surface area (Å²) in [5, 5.41) is 0.645. The van der Waals surface area contributed by atoms with Gasteiger partial charge < -0.3 is 5.73 Å². The van der Waals surface area contributed by atoms with Crippen molar-refractivity contribution in [3.8, 4) is 0 Å². The Labute approximate surface area is 81.7 Å². The highest BCUT2D eigenvalue weighted by Gasteiger charge is 2.22. The third kappa shape index (κ3) is 1.45. The fourth-order valence-corrected chi connectivity index (χ4v) is 2.17. The Balaban J connectivity index is 2.60. The molecule has 0 aromatic heterocycles. The van der Waals surface area contributed by atoms with Gasteiger partial charge >= 0.3 is 0 Å². The number of rotatable bonds is 0. The third-order valence-electron chi connectivity index (χ3n) is 2.56. The van der Waals surface area contributed by atoms with Gasteiger partial charge in [0.2, 0.25) is 0 Å². The van der Waals surface area contributed by atoms with Crippen LogP contribution in [0.2, 0.25) is 5.02 Å². The molecule has 1 aliphatic carbocycles. The summed E-state index contributed by atoms with van der Waals surface area (Å²) in [5.41, 5.74) is 7.34. The monoisotopic (exact) mass is 199 g/mol. The maximum atomic E-state index is 13.4. The van der Waals surface area contributed by atoms with E-state index in [1.54, 1.807) is 6.07 Å². The molecule has 0 saturated carbocycles. The van der Waals surface area contributed by atoms with Crippen LogP contribution >= 0.6 is 11.6 Å². The van der Waals surface area contributed by atoms with Crippen LogP contribution in [0.15, 0.2) is 12.1 Å². The van der Waals surface area contributed by atoms with Gasteiger partial charge in [-0.05, 0) is 37.0 Å². The van der Waals surface area contributed by atoms with E-state index >= 15 is 0 Å². The zero-order chi connectivity index (χ0) is 9.42. The van der Waals surface area contributed by atoms with Crippen LogP contribution in [-0.2, 0) is 6.42 Å². The molecule has 1 aliphatic rings. The van der Waals surface area contributed by atoms with Gasteiger partial charge in [0.25, 0.3) is 0 Å². The van der Waals surface area contributed by atoms with E-state index in [1.165, 1.54) is 6.07 Å². The molecule has 0 bridgehead atoms. The molecule has 70 valence electrons. The standard InChI is InChI=1S/C10H11ClFN/c11-7-4-5-8(12)10-6(7)2-1-3-9(10)13/h4-5,9H,1-3,13H2. The quantitative estimate of drug-likeness (QED) is 0.683. The van der Waals surface area contributed by atoms with Crippen molar-refractivity contribution in [3.63, 3.8) is 0 Å². The minimum Gasteiger partial charge on any atom is -0.324 e. The van der Waals surface area contributed by atoms with Crippen molar-refractivity contribution in [2.45, 2.75) is 25.3 Å². The largest absolute Gasteiger partial charge is 0.324 e. The number of nitrogens with two attached hydrogens (primary N) is 1. The van der Waals surface area contributed by atoms with Crippen LogP contribution in [0.25, 0.3) is 0 Å². The van der Waals surface area contributed by atoms with Crippen molar-refractivity contribution in [2.24, 2.45) is 5.73 Å². The van der Waals surface area contributed by atoms with Crippen LogP contribution < -0.4 is 5.73 Å². The molecule has 2 N–H and O–H groups in total. The van der Waals surface area contributed by atoms with Crippen molar-refractivity contribution in [1.29, 1.82) is 0 Å². The maximum absolute atomic E-state index is 13.4. The highest BCUT2D eigenvalue weighted by molar-refractivity contribution is 6.31. The first kappa shape index (κ1) is 8.97. The molecule has 0 aliphatic heterocycles. The molecule has 0 amide bonds. The second-order valence-electron chi connectivity index (χ2n) is 3.42. The average molecular weight is 200 g/mol. The molecular weight excluding hydrogens is 189 g/mol. The first-order valence-corrected chi connectivity index (χ1v) is 4.80. The van der Waals surface area contributed by atoms with E-state index in [-0.39, 0.29) is 11.9 Å². The van der Waals surface area contributed by atoms with Crippen LogP contribution in [0, 0.1) is 5.82 Å². The Kier molecular flexibility index (Phi) is 2.26. The predicted molar refractivity (Wildman–Crippen MR) is 51.3 cm³/mol. The molecule has 1 aromatic rings. The molecular formula is C10H11ClFN. The van der Waals surface area contributed by atoms with Gasteiger partial charge in [0.05, 0.1) is 0 Å². The lowest BCUT2D eigenvalue weighted by Gasteiger charge is -2.23. The Bertz CT molecular complexity index is 338. The first-order valence-electron chi connectivity index (χ1n) is 4.42. The lowest BCUT2D eigenvalue weighted by molar-refractivity contribution is 0.518. The molecule has 2 rings (SSSR count). The third-order valence-corrected chi connectivity index (χ3v) is 2.91. The summed E-state index contributed by atoms with van der Waals surface area (Å²) < 4.78 is 13.4.